The van der Waals surface area contributed by atoms with Gasteiger partial charge in [-0.15, -0.1) is 10.2 Å². The average Bonchev–Trinajstić information content (AvgIpc) is 2.71. The molecule has 0 saturated heterocycles. The van der Waals surface area contributed by atoms with Crippen LogP contribution in [0.5, 0.6) is 0 Å². The molecular formula is C10H9BrFN3O. The molecule has 16 heavy (non-hydrogen) atoms. The Kier molecular flexibility index (Phi) is 3.31. The van der Waals surface area contributed by atoms with Crippen molar-refractivity contribution in [3.63, 3.8) is 0 Å². The first-order chi connectivity index (χ1) is 7.70. The van der Waals surface area contributed by atoms with Gasteiger partial charge >= 0.3 is 0 Å². The first-order valence-corrected chi connectivity index (χ1v) is 5.42. The van der Waals surface area contributed by atoms with Crippen LogP contribution in [-0.4, -0.2) is 17.2 Å². The van der Waals surface area contributed by atoms with Crippen LogP contribution in [0.4, 0.5) is 4.39 Å². The van der Waals surface area contributed by atoms with E-state index in [9.17, 15) is 4.39 Å². The smallest absolute Gasteiger partial charge is 0.247 e. The second-order valence-corrected chi connectivity index (χ2v) is 4.01. The monoisotopic (exact) mass is 285 g/mol. The van der Waals surface area contributed by atoms with Crippen LogP contribution < -0.4 is 5.32 Å². The first-order valence-electron chi connectivity index (χ1n) is 4.63. The van der Waals surface area contributed by atoms with Gasteiger partial charge < -0.3 is 9.73 Å². The Morgan fingerprint density at radius 3 is 2.94 bits per heavy atom. The van der Waals surface area contributed by atoms with Crippen LogP contribution >= 0.6 is 15.9 Å². The summed E-state index contributed by atoms with van der Waals surface area (Å²) in [5, 5.41) is 10.5. The fourth-order valence-corrected chi connectivity index (χ4v) is 1.47. The number of benzene rings is 1. The van der Waals surface area contributed by atoms with Crippen LogP contribution in [0.2, 0.25) is 0 Å². The van der Waals surface area contributed by atoms with Gasteiger partial charge in [0.25, 0.3) is 0 Å². The van der Waals surface area contributed by atoms with E-state index in [-0.39, 0.29) is 5.82 Å². The Labute approximate surface area is 100 Å². The third-order valence-electron chi connectivity index (χ3n) is 1.96. The summed E-state index contributed by atoms with van der Waals surface area (Å²) in [7, 11) is 1.78. The molecule has 0 fully saturated rings. The summed E-state index contributed by atoms with van der Waals surface area (Å²) in [6.45, 7) is 0.492. The zero-order valence-electron chi connectivity index (χ0n) is 8.50. The molecule has 6 heteroatoms. The van der Waals surface area contributed by atoms with E-state index >= 15 is 0 Å². The predicted molar refractivity (Wildman–Crippen MR) is 60.2 cm³/mol. The van der Waals surface area contributed by atoms with Crippen molar-refractivity contribution >= 4 is 15.9 Å². The highest BCUT2D eigenvalue weighted by Crippen LogP contribution is 2.23. The summed E-state index contributed by atoms with van der Waals surface area (Å²) in [5.41, 5.74) is 0.565. The van der Waals surface area contributed by atoms with Gasteiger partial charge in [0, 0.05) is 5.56 Å². The summed E-state index contributed by atoms with van der Waals surface area (Å²) in [6, 6.07) is 4.66. The van der Waals surface area contributed by atoms with Crippen molar-refractivity contribution in [3.05, 3.63) is 34.4 Å². The number of hydrogen-bond donors (Lipinski definition) is 1. The van der Waals surface area contributed by atoms with Crippen molar-refractivity contribution in [2.75, 3.05) is 7.05 Å². The Bertz CT molecular complexity index is 501. The molecule has 0 radical (unpaired) electrons. The standard InChI is InChI=1S/C10H9BrFN3O/c1-13-5-9-14-15-10(16-9)6-2-3-7(11)8(12)4-6/h2-4,13H,5H2,1H3. The van der Waals surface area contributed by atoms with E-state index in [2.05, 4.69) is 31.4 Å². The number of aromatic nitrogens is 2. The van der Waals surface area contributed by atoms with E-state index in [1.165, 1.54) is 6.07 Å². The van der Waals surface area contributed by atoms with Crippen molar-refractivity contribution in [3.8, 4) is 11.5 Å². The van der Waals surface area contributed by atoms with Gasteiger partial charge in [0.15, 0.2) is 0 Å². The zero-order chi connectivity index (χ0) is 11.5. The molecule has 1 heterocycles. The Morgan fingerprint density at radius 2 is 2.25 bits per heavy atom. The molecule has 0 spiro atoms. The quantitative estimate of drug-likeness (QED) is 0.941. The lowest BCUT2D eigenvalue weighted by Gasteiger charge is -1.97. The van der Waals surface area contributed by atoms with Crippen molar-refractivity contribution in [2.45, 2.75) is 6.54 Å². The van der Waals surface area contributed by atoms with Gasteiger partial charge in [-0.05, 0) is 41.2 Å². The van der Waals surface area contributed by atoms with Crippen molar-refractivity contribution in [1.29, 1.82) is 0 Å². The lowest BCUT2D eigenvalue weighted by atomic mass is 10.2. The molecule has 0 aliphatic carbocycles. The average molecular weight is 286 g/mol. The van der Waals surface area contributed by atoms with Gasteiger partial charge in [0.2, 0.25) is 11.8 Å². The van der Waals surface area contributed by atoms with Crippen molar-refractivity contribution in [2.24, 2.45) is 0 Å². The lowest BCUT2D eigenvalue weighted by molar-refractivity contribution is 0.490. The molecule has 2 aromatic rings. The predicted octanol–water partition coefficient (Wildman–Crippen LogP) is 2.36. The normalized spacial score (nSPS) is 10.7. The highest BCUT2D eigenvalue weighted by atomic mass is 79.9. The Balaban J connectivity index is 2.31. The van der Waals surface area contributed by atoms with Crippen LogP contribution in [0, 0.1) is 5.82 Å². The molecule has 0 atom stereocenters. The maximum absolute atomic E-state index is 13.3. The zero-order valence-corrected chi connectivity index (χ0v) is 10.1. The van der Waals surface area contributed by atoms with Gasteiger partial charge in [-0.3, -0.25) is 0 Å². The molecule has 0 unspecified atom stereocenters. The van der Waals surface area contributed by atoms with Crippen LogP contribution in [0.3, 0.4) is 0 Å². The molecule has 1 aromatic heterocycles. The molecule has 4 nitrogen and oxygen atoms in total. The summed E-state index contributed by atoms with van der Waals surface area (Å²) in [6.07, 6.45) is 0. The minimum absolute atomic E-state index is 0.316. The Hall–Kier alpha value is -1.27. The molecule has 1 aromatic carbocycles. The maximum atomic E-state index is 13.3. The van der Waals surface area contributed by atoms with Crippen molar-refractivity contribution in [1.82, 2.24) is 15.5 Å². The number of hydrogen-bond acceptors (Lipinski definition) is 4. The summed E-state index contributed by atoms with van der Waals surface area (Å²) in [5.74, 6) is 0.434. The SMILES string of the molecule is CNCc1nnc(-c2ccc(Br)c(F)c2)o1. The third-order valence-corrected chi connectivity index (χ3v) is 2.60. The maximum Gasteiger partial charge on any atom is 0.247 e. The van der Waals surface area contributed by atoms with Gasteiger partial charge in [-0.1, -0.05) is 0 Å². The van der Waals surface area contributed by atoms with Crippen LogP contribution in [0.25, 0.3) is 11.5 Å². The van der Waals surface area contributed by atoms with Gasteiger partial charge in [-0.2, -0.15) is 0 Å². The van der Waals surface area contributed by atoms with E-state index in [1.807, 2.05) is 0 Å². The minimum atomic E-state index is -0.356. The largest absolute Gasteiger partial charge is 0.419 e. The number of halogens is 2. The van der Waals surface area contributed by atoms with Crippen LogP contribution in [0.1, 0.15) is 5.89 Å². The highest BCUT2D eigenvalue weighted by molar-refractivity contribution is 9.10. The van der Waals surface area contributed by atoms with Gasteiger partial charge in [0.1, 0.15) is 5.82 Å². The van der Waals surface area contributed by atoms with E-state index in [0.717, 1.165) is 0 Å². The van der Waals surface area contributed by atoms with Crippen LogP contribution in [-0.2, 0) is 6.54 Å². The third kappa shape index (κ3) is 2.28. The number of nitrogens with zero attached hydrogens (tertiary/aromatic N) is 2. The second kappa shape index (κ2) is 4.71. The first kappa shape index (κ1) is 11.2. The van der Waals surface area contributed by atoms with E-state index in [0.29, 0.717) is 28.4 Å². The molecule has 0 aliphatic heterocycles. The topological polar surface area (TPSA) is 51.0 Å². The molecule has 1 N–H and O–H groups in total. The van der Waals surface area contributed by atoms with E-state index < -0.39 is 0 Å². The molecule has 0 bridgehead atoms. The summed E-state index contributed by atoms with van der Waals surface area (Å²) in [4.78, 5) is 0. The fraction of sp³-hybridized carbons (Fsp3) is 0.200. The Morgan fingerprint density at radius 1 is 1.44 bits per heavy atom. The summed E-state index contributed by atoms with van der Waals surface area (Å²) >= 11 is 3.08. The van der Waals surface area contributed by atoms with E-state index in [4.69, 9.17) is 4.42 Å². The van der Waals surface area contributed by atoms with Crippen LogP contribution in [0.15, 0.2) is 27.1 Å². The van der Waals surface area contributed by atoms with Gasteiger partial charge in [0.05, 0.1) is 11.0 Å². The second-order valence-electron chi connectivity index (χ2n) is 3.16. The molecule has 2 rings (SSSR count). The van der Waals surface area contributed by atoms with Gasteiger partial charge in [-0.25, -0.2) is 4.39 Å². The number of nitrogens with one attached hydrogen (secondary N) is 1. The molecule has 0 saturated carbocycles. The lowest BCUT2D eigenvalue weighted by Crippen LogP contribution is -2.04. The highest BCUT2D eigenvalue weighted by Gasteiger charge is 2.09. The summed E-state index contributed by atoms with van der Waals surface area (Å²) < 4.78 is 19.0. The van der Waals surface area contributed by atoms with E-state index in [1.54, 1.807) is 19.2 Å². The van der Waals surface area contributed by atoms with Crippen molar-refractivity contribution < 1.29 is 8.81 Å². The minimum Gasteiger partial charge on any atom is -0.419 e. The molecular weight excluding hydrogens is 277 g/mol. The molecule has 84 valence electrons. The molecule has 0 aliphatic rings. The number of rotatable bonds is 3. The fourth-order valence-electron chi connectivity index (χ4n) is 1.22. The molecule has 0 amide bonds.